The summed E-state index contributed by atoms with van der Waals surface area (Å²) in [6.45, 7) is 1.00. The molecule has 1 aliphatic heterocycles. The van der Waals surface area contributed by atoms with Crippen LogP contribution in [-0.4, -0.2) is 23.4 Å². The van der Waals surface area contributed by atoms with Crippen LogP contribution in [0, 0.1) is 11.8 Å². The van der Waals surface area contributed by atoms with Gasteiger partial charge in [0.05, 0.1) is 0 Å². The molecular formula is C25H22N2O. The van der Waals surface area contributed by atoms with Crippen molar-refractivity contribution in [2.24, 2.45) is 0 Å². The molecule has 3 aromatic rings. The van der Waals surface area contributed by atoms with Gasteiger partial charge in [-0.05, 0) is 48.9 Å². The molecule has 3 heteroatoms. The summed E-state index contributed by atoms with van der Waals surface area (Å²) in [5, 5.41) is 2.42. The molecule has 0 bridgehead atoms. The molecule has 0 spiro atoms. The van der Waals surface area contributed by atoms with Crippen LogP contribution in [0.4, 0.5) is 5.69 Å². The second-order valence-electron chi connectivity index (χ2n) is 7.66. The molecule has 0 amide bonds. The highest BCUT2D eigenvalue weighted by Gasteiger charge is 2.28. The summed E-state index contributed by atoms with van der Waals surface area (Å²) >= 11 is 0. The lowest BCUT2D eigenvalue weighted by Crippen LogP contribution is -2.41. The minimum absolute atomic E-state index is 0.412. The van der Waals surface area contributed by atoms with Crippen molar-refractivity contribution in [3.05, 3.63) is 71.5 Å². The fourth-order valence-corrected chi connectivity index (χ4v) is 4.51. The third-order valence-electron chi connectivity index (χ3n) is 5.95. The van der Waals surface area contributed by atoms with E-state index in [1.807, 2.05) is 36.5 Å². The lowest BCUT2D eigenvalue weighted by molar-refractivity contribution is -0.120. The molecule has 28 heavy (non-hydrogen) atoms. The van der Waals surface area contributed by atoms with E-state index in [2.05, 4.69) is 39.9 Å². The number of pyridine rings is 1. The fraction of sp³-hybridized carbons (Fsp3) is 0.280. The van der Waals surface area contributed by atoms with Crippen molar-refractivity contribution in [2.75, 3.05) is 11.4 Å². The summed E-state index contributed by atoms with van der Waals surface area (Å²) in [7, 11) is 0. The van der Waals surface area contributed by atoms with E-state index in [0.29, 0.717) is 24.7 Å². The van der Waals surface area contributed by atoms with Crippen molar-refractivity contribution in [1.82, 2.24) is 4.98 Å². The number of hydrogen-bond acceptors (Lipinski definition) is 3. The smallest absolute Gasteiger partial charge is 0.133 e. The highest BCUT2D eigenvalue weighted by atomic mass is 16.1. The lowest BCUT2D eigenvalue weighted by atomic mass is 9.89. The van der Waals surface area contributed by atoms with E-state index in [1.54, 1.807) is 0 Å². The molecule has 0 N–H and O–H groups in total. The molecule has 1 aliphatic carbocycles. The Bertz CT molecular complexity index is 1100. The van der Waals surface area contributed by atoms with Gasteiger partial charge in [-0.3, -0.25) is 4.79 Å². The van der Waals surface area contributed by atoms with Gasteiger partial charge in [-0.15, -0.1) is 0 Å². The van der Waals surface area contributed by atoms with Gasteiger partial charge in [-0.25, -0.2) is 4.98 Å². The Morgan fingerprint density at radius 2 is 1.75 bits per heavy atom. The third-order valence-corrected chi connectivity index (χ3v) is 5.95. The Morgan fingerprint density at radius 3 is 2.57 bits per heavy atom. The Hall–Kier alpha value is -3.12. The van der Waals surface area contributed by atoms with Crippen molar-refractivity contribution < 1.29 is 4.79 Å². The van der Waals surface area contributed by atoms with E-state index in [1.165, 1.54) is 16.6 Å². The number of rotatable bonds is 1. The van der Waals surface area contributed by atoms with Gasteiger partial charge in [-0.2, -0.15) is 0 Å². The molecule has 2 heterocycles. The molecule has 3 nitrogen and oxygen atoms in total. The van der Waals surface area contributed by atoms with Crippen LogP contribution in [0.15, 0.2) is 54.7 Å². The minimum atomic E-state index is 0.412. The van der Waals surface area contributed by atoms with Crippen LogP contribution < -0.4 is 4.90 Å². The number of carbonyl (C=O) groups is 1. The molecule has 0 atom stereocenters. The molecule has 2 aliphatic rings. The average Bonchev–Trinajstić information content (AvgIpc) is 2.75. The van der Waals surface area contributed by atoms with E-state index < -0.39 is 0 Å². The summed E-state index contributed by atoms with van der Waals surface area (Å²) < 4.78 is 0. The first-order valence-electron chi connectivity index (χ1n) is 10.1. The molecule has 0 radical (unpaired) electrons. The Balaban J connectivity index is 1.57. The number of hydrogen-bond donors (Lipinski definition) is 0. The average molecular weight is 366 g/mol. The number of Topliss-reactive ketones (excluding diaryl/α,β-unsaturated/α-hetero) is 1. The maximum absolute atomic E-state index is 11.7. The normalized spacial score (nSPS) is 16.7. The standard InChI is InChI=1S/C25H22N2O/c28-21-12-10-20(11-13-21)27-16-15-19-17-26-23(14-9-18-5-2-1-3-6-18)22-7-4-8-24(27)25(19)22/h1-8,17,20H,10-13,15-16H2. The predicted molar refractivity (Wildman–Crippen MR) is 112 cm³/mol. The molecule has 1 aromatic heterocycles. The van der Waals surface area contributed by atoms with Gasteiger partial charge in [0, 0.05) is 53.6 Å². The molecule has 5 rings (SSSR count). The van der Waals surface area contributed by atoms with Crippen LogP contribution >= 0.6 is 0 Å². The number of benzene rings is 2. The topological polar surface area (TPSA) is 33.2 Å². The lowest BCUT2D eigenvalue weighted by Gasteiger charge is -2.39. The Labute approximate surface area is 165 Å². The largest absolute Gasteiger partial charge is 0.368 e. The van der Waals surface area contributed by atoms with Gasteiger partial charge in [0.2, 0.25) is 0 Å². The first-order valence-corrected chi connectivity index (χ1v) is 10.1. The molecule has 0 unspecified atom stereocenters. The number of carbonyl (C=O) groups excluding carboxylic acids is 1. The van der Waals surface area contributed by atoms with Crippen molar-refractivity contribution in [1.29, 1.82) is 0 Å². The summed E-state index contributed by atoms with van der Waals surface area (Å²) in [5.41, 5.74) is 4.42. The zero-order valence-electron chi connectivity index (χ0n) is 15.8. The molecule has 0 saturated heterocycles. The van der Waals surface area contributed by atoms with Gasteiger partial charge in [0.15, 0.2) is 0 Å². The summed E-state index contributed by atoms with van der Waals surface area (Å²) in [5.74, 6) is 6.94. The first kappa shape index (κ1) is 17.0. The zero-order valence-corrected chi connectivity index (χ0v) is 15.8. The highest BCUT2D eigenvalue weighted by Crippen LogP contribution is 2.38. The van der Waals surface area contributed by atoms with Gasteiger partial charge in [0.1, 0.15) is 11.5 Å². The second-order valence-corrected chi connectivity index (χ2v) is 7.66. The second kappa shape index (κ2) is 7.13. The van der Waals surface area contributed by atoms with E-state index in [4.69, 9.17) is 0 Å². The van der Waals surface area contributed by atoms with E-state index in [0.717, 1.165) is 42.5 Å². The van der Waals surface area contributed by atoms with Crippen molar-refractivity contribution >= 4 is 22.2 Å². The van der Waals surface area contributed by atoms with Gasteiger partial charge in [-0.1, -0.05) is 36.3 Å². The highest BCUT2D eigenvalue weighted by molar-refractivity contribution is 6.00. The number of nitrogens with zero attached hydrogens (tertiary/aromatic N) is 2. The summed E-state index contributed by atoms with van der Waals surface area (Å²) in [6.07, 6.45) is 6.37. The number of anilines is 1. The van der Waals surface area contributed by atoms with Crippen LogP contribution in [0.5, 0.6) is 0 Å². The van der Waals surface area contributed by atoms with Crippen LogP contribution in [0.1, 0.15) is 42.5 Å². The summed E-state index contributed by atoms with van der Waals surface area (Å²) in [6, 6.07) is 17.0. The quantitative estimate of drug-likeness (QED) is 0.594. The fourth-order valence-electron chi connectivity index (χ4n) is 4.51. The van der Waals surface area contributed by atoms with Crippen molar-refractivity contribution in [3.8, 4) is 11.8 Å². The first-order chi connectivity index (χ1) is 13.8. The SMILES string of the molecule is O=C1CCC(N2CCc3cnc(C#Cc4ccccc4)c4cccc2c34)CC1. The van der Waals surface area contributed by atoms with Crippen LogP contribution in [0.3, 0.4) is 0 Å². The molecule has 1 fully saturated rings. The maximum atomic E-state index is 11.7. The van der Waals surface area contributed by atoms with Crippen molar-refractivity contribution in [2.45, 2.75) is 38.1 Å². The monoisotopic (exact) mass is 366 g/mol. The molecular weight excluding hydrogens is 344 g/mol. The number of aromatic nitrogens is 1. The summed E-state index contributed by atoms with van der Waals surface area (Å²) in [4.78, 5) is 18.9. The Morgan fingerprint density at radius 1 is 0.929 bits per heavy atom. The van der Waals surface area contributed by atoms with Gasteiger partial charge in [0.25, 0.3) is 0 Å². The van der Waals surface area contributed by atoms with E-state index >= 15 is 0 Å². The number of ketones is 1. The van der Waals surface area contributed by atoms with Crippen LogP contribution in [0.2, 0.25) is 0 Å². The zero-order chi connectivity index (χ0) is 18.9. The van der Waals surface area contributed by atoms with Crippen molar-refractivity contribution in [3.63, 3.8) is 0 Å². The predicted octanol–water partition coefficient (Wildman–Crippen LogP) is 4.51. The van der Waals surface area contributed by atoms with E-state index in [9.17, 15) is 4.79 Å². The molecule has 138 valence electrons. The maximum Gasteiger partial charge on any atom is 0.133 e. The van der Waals surface area contributed by atoms with Crippen LogP contribution in [-0.2, 0) is 11.2 Å². The molecule has 2 aromatic carbocycles. The van der Waals surface area contributed by atoms with E-state index in [-0.39, 0.29) is 0 Å². The molecule has 1 saturated carbocycles. The minimum Gasteiger partial charge on any atom is -0.368 e. The van der Waals surface area contributed by atoms with Gasteiger partial charge >= 0.3 is 0 Å². The van der Waals surface area contributed by atoms with Crippen LogP contribution in [0.25, 0.3) is 10.8 Å². The Kier molecular flexibility index (Phi) is 4.33. The third kappa shape index (κ3) is 3.05. The van der Waals surface area contributed by atoms with Gasteiger partial charge < -0.3 is 4.90 Å².